The minimum atomic E-state index is -2.91. The first kappa shape index (κ1) is 19.3. The second-order valence-electron chi connectivity index (χ2n) is 7.34. The van der Waals surface area contributed by atoms with E-state index in [0.717, 1.165) is 0 Å². The van der Waals surface area contributed by atoms with Gasteiger partial charge in [0.25, 0.3) is 5.92 Å². The summed E-state index contributed by atoms with van der Waals surface area (Å²) in [5.74, 6) is -3.25. The SMILES string of the molecule is Cc1cc(OCC2CN(C(=O)OC(C)(C)C)CCC2(F)F)nc(C)n1. The normalized spacial score (nSPS) is 20.3. The van der Waals surface area contributed by atoms with E-state index in [1.807, 2.05) is 0 Å². The molecule has 1 aromatic heterocycles. The number of nitrogens with zero attached hydrogens (tertiary/aromatic N) is 3. The van der Waals surface area contributed by atoms with Crippen LogP contribution in [0, 0.1) is 19.8 Å². The van der Waals surface area contributed by atoms with Gasteiger partial charge in [0.1, 0.15) is 18.0 Å². The molecule has 0 spiro atoms. The van der Waals surface area contributed by atoms with Crippen molar-refractivity contribution in [2.45, 2.75) is 52.6 Å². The van der Waals surface area contributed by atoms with E-state index in [1.54, 1.807) is 40.7 Å². The Labute approximate surface area is 146 Å². The molecule has 1 atom stereocenters. The fourth-order valence-electron chi connectivity index (χ4n) is 2.59. The predicted molar refractivity (Wildman–Crippen MR) is 87.9 cm³/mol. The second kappa shape index (κ2) is 7.09. The largest absolute Gasteiger partial charge is 0.477 e. The van der Waals surface area contributed by atoms with Crippen molar-refractivity contribution in [2.75, 3.05) is 19.7 Å². The Morgan fingerprint density at radius 1 is 1.36 bits per heavy atom. The van der Waals surface area contributed by atoms with Crippen molar-refractivity contribution in [3.8, 4) is 5.88 Å². The van der Waals surface area contributed by atoms with Crippen molar-refractivity contribution in [3.05, 3.63) is 17.6 Å². The molecular weight excluding hydrogens is 332 g/mol. The molecule has 1 fully saturated rings. The lowest BCUT2D eigenvalue weighted by molar-refractivity contribution is -0.116. The van der Waals surface area contributed by atoms with E-state index in [1.165, 1.54) is 4.90 Å². The average Bonchev–Trinajstić information content (AvgIpc) is 2.42. The van der Waals surface area contributed by atoms with Crippen LogP contribution < -0.4 is 4.74 Å². The molecule has 2 heterocycles. The lowest BCUT2D eigenvalue weighted by Gasteiger charge is -2.38. The highest BCUT2D eigenvalue weighted by molar-refractivity contribution is 5.68. The topological polar surface area (TPSA) is 64.5 Å². The van der Waals surface area contributed by atoms with Gasteiger partial charge in [0.2, 0.25) is 5.88 Å². The van der Waals surface area contributed by atoms with Gasteiger partial charge in [-0.15, -0.1) is 0 Å². The van der Waals surface area contributed by atoms with Crippen molar-refractivity contribution in [3.63, 3.8) is 0 Å². The molecule has 2 rings (SSSR count). The van der Waals surface area contributed by atoms with E-state index < -0.39 is 30.0 Å². The van der Waals surface area contributed by atoms with Gasteiger partial charge in [-0.25, -0.2) is 18.6 Å². The number of rotatable bonds is 3. The number of carbonyl (C=O) groups excluding carboxylic acids is 1. The minimum Gasteiger partial charge on any atom is -0.477 e. The Bertz CT molecular complexity index is 612. The number of hydrogen-bond acceptors (Lipinski definition) is 5. The molecule has 6 nitrogen and oxygen atoms in total. The van der Waals surface area contributed by atoms with Crippen LogP contribution >= 0.6 is 0 Å². The number of carbonyl (C=O) groups is 1. The van der Waals surface area contributed by atoms with Crippen LogP contribution in [0.5, 0.6) is 5.88 Å². The van der Waals surface area contributed by atoms with Crippen LogP contribution in [-0.2, 0) is 4.74 Å². The highest BCUT2D eigenvalue weighted by Crippen LogP contribution is 2.34. The summed E-state index contributed by atoms with van der Waals surface area (Å²) in [6.45, 7) is 8.31. The molecule has 0 saturated carbocycles. The first-order valence-corrected chi connectivity index (χ1v) is 8.27. The van der Waals surface area contributed by atoms with Crippen molar-refractivity contribution >= 4 is 6.09 Å². The first-order chi connectivity index (χ1) is 11.5. The Balaban J connectivity index is 2.02. The van der Waals surface area contributed by atoms with Crippen LogP contribution in [-0.4, -0.2) is 52.2 Å². The quantitative estimate of drug-likeness (QED) is 0.830. The summed E-state index contributed by atoms with van der Waals surface area (Å²) in [6.07, 6.45) is -0.996. The van der Waals surface area contributed by atoms with Gasteiger partial charge >= 0.3 is 6.09 Å². The maximum atomic E-state index is 14.2. The van der Waals surface area contributed by atoms with Crippen LogP contribution in [0.25, 0.3) is 0 Å². The van der Waals surface area contributed by atoms with Crippen LogP contribution in [0.2, 0.25) is 0 Å². The zero-order chi connectivity index (χ0) is 18.8. The van der Waals surface area contributed by atoms with Crippen LogP contribution in [0.4, 0.5) is 13.6 Å². The predicted octanol–water partition coefficient (Wildman–Crippen LogP) is 3.36. The summed E-state index contributed by atoms with van der Waals surface area (Å²) in [6, 6.07) is 1.60. The molecular formula is C17H25F2N3O3. The maximum absolute atomic E-state index is 14.2. The van der Waals surface area contributed by atoms with Gasteiger partial charge in [-0.05, 0) is 34.6 Å². The summed E-state index contributed by atoms with van der Waals surface area (Å²) in [5.41, 5.74) is 0.0345. The lowest BCUT2D eigenvalue weighted by atomic mass is 9.94. The summed E-state index contributed by atoms with van der Waals surface area (Å²) >= 11 is 0. The van der Waals surface area contributed by atoms with Crippen molar-refractivity contribution in [1.29, 1.82) is 0 Å². The molecule has 8 heteroatoms. The monoisotopic (exact) mass is 357 g/mol. The summed E-state index contributed by atoms with van der Waals surface area (Å²) < 4.78 is 39.2. The van der Waals surface area contributed by atoms with E-state index in [0.29, 0.717) is 11.5 Å². The molecule has 140 valence electrons. The third-order valence-corrected chi connectivity index (χ3v) is 3.78. The van der Waals surface area contributed by atoms with E-state index >= 15 is 0 Å². The summed E-state index contributed by atoms with van der Waals surface area (Å²) in [5, 5.41) is 0. The van der Waals surface area contributed by atoms with E-state index in [-0.39, 0.29) is 25.6 Å². The molecule has 0 radical (unpaired) electrons. The molecule has 1 aliphatic rings. The van der Waals surface area contributed by atoms with Crippen molar-refractivity contribution in [1.82, 2.24) is 14.9 Å². The molecule has 1 aromatic rings. The molecule has 1 aliphatic heterocycles. The Hall–Kier alpha value is -1.99. The maximum Gasteiger partial charge on any atom is 0.410 e. The van der Waals surface area contributed by atoms with Crippen LogP contribution in [0.1, 0.15) is 38.7 Å². The number of amides is 1. The highest BCUT2D eigenvalue weighted by Gasteiger charge is 2.46. The number of aromatic nitrogens is 2. The highest BCUT2D eigenvalue weighted by atomic mass is 19.3. The van der Waals surface area contributed by atoms with Crippen LogP contribution in [0.3, 0.4) is 0 Å². The lowest BCUT2D eigenvalue weighted by Crippen LogP contribution is -2.52. The fraction of sp³-hybridized carbons (Fsp3) is 0.706. The van der Waals surface area contributed by atoms with Crippen LogP contribution in [0.15, 0.2) is 6.07 Å². The van der Waals surface area contributed by atoms with E-state index in [4.69, 9.17) is 9.47 Å². The van der Waals surface area contributed by atoms with Gasteiger partial charge in [-0.3, -0.25) is 0 Å². The zero-order valence-corrected chi connectivity index (χ0v) is 15.3. The molecule has 1 unspecified atom stereocenters. The molecule has 0 aromatic carbocycles. The second-order valence-corrected chi connectivity index (χ2v) is 7.34. The first-order valence-electron chi connectivity index (χ1n) is 8.27. The molecule has 1 saturated heterocycles. The number of aryl methyl sites for hydroxylation is 2. The molecule has 0 N–H and O–H groups in total. The summed E-state index contributed by atoms with van der Waals surface area (Å²) in [7, 11) is 0. The van der Waals surface area contributed by atoms with Gasteiger partial charge in [0, 0.05) is 31.3 Å². The molecule has 25 heavy (non-hydrogen) atoms. The van der Waals surface area contributed by atoms with Gasteiger partial charge in [0.15, 0.2) is 0 Å². The molecule has 0 aliphatic carbocycles. The third kappa shape index (κ3) is 5.51. The van der Waals surface area contributed by atoms with Crippen molar-refractivity contribution in [2.24, 2.45) is 5.92 Å². The standard InChI is InChI=1S/C17H25F2N3O3/c1-11-8-14(21-12(2)20-11)24-10-13-9-22(7-6-17(13,18)19)15(23)25-16(3,4)5/h8,13H,6-7,9-10H2,1-5H3. The fourth-order valence-corrected chi connectivity index (χ4v) is 2.59. The number of halogens is 2. The number of ether oxygens (including phenoxy) is 2. The minimum absolute atomic E-state index is 0.0376. The van der Waals surface area contributed by atoms with Gasteiger partial charge in [-0.1, -0.05) is 0 Å². The van der Waals surface area contributed by atoms with Gasteiger partial charge in [-0.2, -0.15) is 4.98 Å². The van der Waals surface area contributed by atoms with Gasteiger partial charge < -0.3 is 14.4 Å². The van der Waals surface area contributed by atoms with E-state index in [9.17, 15) is 13.6 Å². The third-order valence-electron chi connectivity index (χ3n) is 3.78. The van der Waals surface area contributed by atoms with E-state index in [2.05, 4.69) is 9.97 Å². The van der Waals surface area contributed by atoms with Gasteiger partial charge in [0.05, 0.1) is 5.92 Å². The Morgan fingerprint density at radius 3 is 2.64 bits per heavy atom. The Morgan fingerprint density at radius 2 is 2.04 bits per heavy atom. The zero-order valence-electron chi connectivity index (χ0n) is 15.3. The molecule has 1 amide bonds. The smallest absolute Gasteiger partial charge is 0.410 e. The summed E-state index contributed by atoms with van der Waals surface area (Å²) in [4.78, 5) is 21.6. The number of hydrogen-bond donors (Lipinski definition) is 0. The molecule has 0 bridgehead atoms. The van der Waals surface area contributed by atoms with Crippen molar-refractivity contribution < 1.29 is 23.0 Å². The number of alkyl halides is 2. The average molecular weight is 357 g/mol. The number of likely N-dealkylation sites (tertiary alicyclic amines) is 1. The Kier molecular flexibility index (Phi) is 5.49. The number of piperidine rings is 1.